The van der Waals surface area contributed by atoms with Gasteiger partial charge in [0.25, 0.3) is 5.82 Å². The maximum absolute atomic E-state index is 12.8. The fourth-order valence-electron chi connectivity index (χ4n) is 3.81. The van der Waals surface area contributed by atoms with E-state index in [-0.39, 0.29) is 10.7 Å². The number of aromatic nitrogens is 4. The van der Waals surface area contributed by atoms with Crippen molar-refractivity contribution in [1.82, 2.24) is 15.0 Å². The average Bonchev–Trinajstić information content (AvgIpc) is 3.67. The van der Waals surface area contributed by atoms with Gasteiger partial charge in [-0.15, -0.1) is 22.7 Å². The van der Waals surface area contributed by atoms with Crippen LogP contribution in [-0.4, -0.2) is 43.7 Å². The Hall–Kier alpha value is -3.30. The number of benzene rings is 1. The number of pyridine rings is 1. The Morgan fingerprint density at radius 1 is 1.19 bits per heavy atom. The van der Waals surface area contributed by atoms with Crippen LogP contribution in [0.1, 0.15) is 45.0 Å². The second-order valence-electron chi connectivity index (χ2n) is 9.77. The molecule has 4 aromatic heterocycles. The third kappa shape index (κ3) is 8.86. The number of nitrogens with zero attached hydrogens (tertiary/aromatic N) is 3. The molecule has 0 aliphatic rings. The van der Waals surface area contributed by atoms with E-state index in [1.165, 1.54) is 37.3 Å². The minimum absolute atomic E-state index is 0.167. The molecule has 0 radical (unpaired) electrons. The number of hydrogen-bond acceptors (Lipinski definition) is 10. The number of H-pyrrole nitrogens is 1. The van der Waals surface area contributed by atoms with Crippen molar-refractivity contribution in [1.29, 1.82) is 0 Å². The van der Waals surface area contributed by atoms with E-state index in [9.17, 15) is 22.0 Å². The standard InChI is InChI=1S/C19H21N5OS3.C7H8O3S.C3H6O/c1-4-5-8-28(25)19-16(20)15-12(14-10-22-11(2)24(14)3)9-13(23-18(15)27-19)17-21-6-7-26-17;1-6-2-4-7(5-3-6)11(8,9)10;1-3(2)4/h6-7,9-10H,4-5,8,20H2,1-3H3;2-5H,1H3,(H,8,9,10);1-2H3/t28-;;/m0../s1. The van der Waals surface area contributed by atoms with Gasteiger partial charge in [-0.2, -0.15) is 0 Å². The lowest BCUT2D eigenvalue weighted by Gasteiger charge is -2.05. The summed E-state index contributed by atoms with van der Waals surface area (Å²) in [5.74, 6) is 1.83. The summed E-state index contributed by atoms with van der Waals surface area (Å²) in [7, 11) is -3.37. The van der Waals surface area contributed by atoms with E-state index in [2.05, 4.69) is 21.5 Å². The van der Waals surface area contributed by atoms with E-state index in [1.54, 1.807) is 29.7 Å². The monoisotopic (exact) mass is 661 g/mol. The Morgan fingerprint density at radius 2 is 1.84 bits per heavy atom. The highest BCUT2D eigenvalue weighted by atomic mass is 32.2. The molecule has 43 heavy (non-hydrogen) atoms. The van der Waals surface area contributed by atoms with Crippen LogP contribution in [-0.2, 0) is 32.8 Å². The van der Waals surface area contributed by atoms with Crippen LogP contribution in [0.25, 0.3) is 32.2 Å². The van der Waals surface area contributed by atoms with Gasteiger partial charge in [0.2, 0.25) is 0 Å². The number of carbonyl (C=O) groups is 1. The molecular weight excluding hydrogens is 627 g/mol. The number of thiazole rings is 1. The molecule has 3 N–H and O–H groups in total. The van der Waals surface area contributed by atoms with Crippen LogP contribution in [0.4, 0.5) is 5.69 Å². The molecule has 1 atom stereocenters. The van der Waals surface area contributed by atoms with Gasteiger partial charge >= 0.3 is 0 Å². The van der Waals surface area contributed by atoms with Gasteiger partial charge in [0.15, 0.2) is 5.69 Å². The number of anilines is 1. The summed E-state index contributed by atoms with van der Waals surface area (Å²) >= 11 is 2.99. The van der Waals surface area contributed by atoms with E-state index < -0.39 is 20.9 Å². The second-order valence-corrected chi connectivity index (χ2v) is 14.8. The maximum Gasteiger partial charge on any atom is 0.251 e. The average molecular weight is 662 g/mol. The quantitative estimate of drug-likeness (QED) is 0.170. The van der Waals surface area contributed by atoms with E-state index in [0.717, 1.165) is 60.6 Å². The number of nitrogen functional groups attached to an aromatic ring is 1. The van der Waals surface area contributed by atoms with Crippen molar-refractivity contribution in [3.8, 4) is 22.0 Å². The molecule has 0 saturated carbocycles. The van der Waals surface area contributed by atoms with Gasteiger partial charge in [-0.25, -0.2) is 27.9 Å². The fourth-order valence-corrected chi connectivity index (χ4v) is 7.67. The van der Waals surface area contributed by atoms with E-state index in [4.69, 9.17) is 10.7 Å². The van der Waals surface area contributed by atoms with Crippen molar-refractivity contribution in [2.75, 3.05) is 11.5 Å². The predicted molar refractivity (Wildman–Crippen MR) is 173 cm³/mol. The summed E-state index contributed by atoms with van der Waals surface area (Å²) in [6.07, 6.45) is 5.67. The molecule has 0 unspecified atom stereocenters. The number of Topliss-reactive ketones (excluding diaryl/α,β-unsaturated/α-hetero) is 1. The summed E-state index contributed by atoms with van der Waals surface area (Å²) in [4.78, 5) is 22.6. The van der Waals surface area contributed by atoms with E-state index in [1.807, 2.05) is 38.5 Å². The lowest BCUT2D eigenvalue weighted by molar-refractivity contribution is -0.665. The van der Waals surface area contributed by atoms with E-state index >= 15 is 0 Å². The minimum atomic E-state index is -4.27. The Morgan fingerprint density at radius 3 is 2.35 bits per heavy atom. The molecule has 0 saturated heterocycles. The Labute approximate surface area is 262 Å². The number of hydrogen-bond donors (Lipinski definition) is 2. The molecule has 0 aliphatic carbocycles. The molecule has 10 nitrogen and oxygen atoms in total. The summed E-state index contributed by atoms with van der Waals surface area (Å²) in [5, 5.41) is 3.67. The van der Waals surface area contributed by atoms with Gasteiger partial charge in [-0.05, 0) is 45.4 Å². The van der Waals surface area contributed by atoms with Crippen LogP contribution < -0.4 is 10.3 Å². The largest absolute Gasteiger partial charge is 0.744 e. The van der Waals surface area contributed by atoms with Crippen LogP contribution in [0, 0.1) is 13.8 Å². The number of carbonyl (C=O) groups excluding carboxylic acids is 1. The SMILES string of the molecule is CC(C)=O.CCCC[S@](=O)c1sc2nc(-c3nccs3)cc(-c3c[nH]c(C)[n+]3C)c2c1N.Cc1ccc(S(=O)(=O)[O-])cc1. The second kappa shape index (κ2) is 14.9. The topological polar surface area (TPSA) is 163 Å². The Kier molecular flexibility index (Phi) is 11.9. The number of fused-ring (bicyclic) bond motifs is 1. The van der Waals surface area contributed by atoms with Gasteiger partial charge in [-0.3, -0.25) is 4.21 Å². The zero-order valence-corrected chi connectivity index (χ0v) is 28.1. The van der Waals surface area contributed by atoms with Gasteiger partial charge in [0.1, 0.15) is 41.8 Å². The van der Waals surface area contributed by atoms with Crippen molar-refractivity contribution >= 4 is 65.3 Å². The molecule has 1 aromatic carbocycles. The Balaban J connectivity index is 0.000000280. The number of aryl methyl sites for hydroxylation is 2. The molecule has 4 heterocycles. The number of nitrogens with one attached hydrogen (secondary N) is 1. The maximum atomic E-state index is 12.8. The van der Waals surface area contributed by atoms with Crippen LogP contribution >= 0.6 is 22.7 Å². The molecule has 0 bridgehead atoms. The number of nitrogens with two attached hydrogens (primary N) is 1. The zero-order chi connectivity index (χ0) is 31.9. The molecule has 230 valence electrons. The van der Waals surface area contributed by atoms with Crippen LogP contribution in [0.3, 0.4) is 0 Å². The first-order chi connectivity index (χ1) is 20.2. The smallest absolute Gasteiger partial charge is 0.251 e. The summed E-state index contributed by atoms with van der Waals surface area (Å²) in [5.41, 5.74) is 10.8. The highest BCUT2D eigenvalue weighted by molar-refractivity contribution is 7.87. The first-order valence-corrected chi connectivity index (χ1v) is 17.7. The number of imidazole rings is 1. The van der Waals surface area contributed by atoms with Crippen LogP contribution in [0.5, 0.6) is 0 Å². The van der Waals surface area contributed by atoms with Crippen molar-refractivity contribution in [3.05, 3.63) is 59.5 Å². The molecule has 0 aliphatic heterocycles. The van der Waals surface area contributed by atoms with E-state index in [0.29, 0.717) is 11.4 Å². The summed E-state index contributed by atoms with van der Waals surface area (Å²) < 4.78 is 46.8. The van der Waals surface area contributed by atoms with Crippen molar-refractivity contribution < 1.29 is 26.5 Å². The molecule has 5 aromatic rings. The highest BCUT2D eigenvalue weighted by Gasteiger charge is 2.24. The molecule has 0 spiro atoms. The molecule has 5 rings (SSSR count). The van der Waals surface area contributed by atoms with Crippen molar-refractivity contribution in [2.24, 2.45) is 7.05 Å². The number of aromatic amines is 1. The summed E-state index contributed by atoms with van der Waals surface area (Å²) in [6.45, 7) is 8.99. The van der Waals surface area contributed by atoms with Crippen LogP contribution in [0.2, 0.25) is 0 Å². The zero-order valence-electron chi connectivity index (χ0n) is 24.8. The first-order valence-electron chi connectivity index (χ1n) is 13.3. The molecule has 14 heteroatoms. The number of unbranched alkanes of at least 4 members (excludes halogenated alkanes) is 1. The van der Waals surface area contributed by atoms with Crippen molar-refractivity contribution in [2.45, 2.75) is 56.6 Å². The highest BCUT2D eigenvalue weighted by Crippen LogP contribution is 2.42. The Bertz CT molecular complexity index is 1820. The first kappa shape index (κ1) is 34.2. The minimum Gasteiger partial charge on any atom is -0.744 e. The number of rotatable bonds is 7. The fraction of sp³-hybridized carbons (Fsp3) is 0.310. The van der Waals surface area contributed by atoms with Gasteiger partial charge < -0.3 is 15.1 Å². The molecule has 0 fully saturated rings. The lowest BCUT2D eigenvalue weighted by Crippen LogP contribution is -2.31. The third-order valence-corrected chi connectivity index (χ3v) is 10.7. The number of ketones is 1. The van der Waals surface area contributed by atoms with Gasteiger partial charge in [-0.1, -0.05) is 31.0 Å². The van der Waals surface area contributed by atoms with Crippen LogP contribution in [0.15, 0.2) is 57.2 Å². The molecule has 0 amide bonds. The van der Waals surface area contributed by atoms with Gasteiger partial charge in [0, 0.05) is 35.2 Å². The normalized spacial score (nSPS) is 11.8. The van der Waals surface area contributed by atoms with Crippen molar-refractivity contribution in [3.63, 3.8) is 0 Å². The number of thiophene rings is 1. The predicted octanol–water partition coefficient (Wildman–Crippen LogP) is 5.53. The third-order valence-electron chi connectivity index (χ3n) is 6.07. The molecular formula is C29H35N5O5S4. The lowest BCUT2D eigenvalue weighted by atomic mass is 10.1. The summed E-state index contributed by atoms with van der Waals surface area (Å²) in [6, 6.07) is 7.82. The van der Waals surface area contributed by atoms with Gasteiger partial charge in [0.05, 0.1) is 28.4 Å².